The van der Waals surface area contributed by atoms with Crippen LogP contribution in [0.15, 0.2) is 40.9 Å². The molecule has 1 heterocycles. The Kier molecular flexibility index (Phi) is 5.90. The number of anilines is 1. The van der Waals surface area contributed by atoms with Crippen LogP contribution in [0.1, 0.15) is 40.5 Å². The molecule has 0 atom stereocenters. The van der Waals surface area contributed by atoms with E-state index in [0.29, 0.717) is 12.8 Å². The van der Waals surface area contributed by atoms with Crippen molar-refractivity contribution < 1.29 is 17.8 Å². The number of nitriles is 1. The van der Waals surface area contributed by atoms with E-state index in [1.165, 1.54) is 24.4 Å². The van der Waals surface area contributed by atoms with Crippen molar-refractivity contribution in [2.75, 3.05) is 5.32 Å². The topological polar surface area (TPSA) is 137 Å². The second kappa shape index (κ2) is 7.54. The molecule has 0 spiro atoms. The van der Waals surface area contributed by atoms with E-state index < -0.39 is 16.0 Å². The van der Waals surface area contributed by atoms with Crippen molar-refractivity contribution >= 4 is 21.7 Å². The number of rotatable bonds is 4. The molecule has 28 heavy (non-hydrogen) atoms. The minimum absolute atomic E-state index is 0.0252. The maximum absolute atomic E-state index is 12.6. The van der Waals surface area contributed by atoms with E-state index in [-0.39, 0.29) is 33.3 Å². The molecule has 1 aromatic carbocycles. The van der Waals surface area contributed by atoms with Gasteiger partial charge in [-0.2, -0.15) is 13.7 Å². The van der Waals surface area contributed by atoms with Gasteiger partial charge in [0.05, 0.1) is 4.90 Å². The monoisotopic (exact) mass is 406 g/mol. The lowest BCUT2D eigenvalue weighted by molar-refractivity contribution is -0.112. The number of hydrogen-bond acceptors (Lipinski definition) is 6. The van der Waals surface area contributed by atoms with Crippen molar-refractivity contribution in [1.29, 1.82) is 5.26 Å². The van der Waals surface area contributed by atoms with Crippen molar-refractivity contribution in [2.24, 2.45) is 5.73 Å². The number of amides is 1. The predicted molar refractivity (Wildman–Crippen MR) is 106 cm³/mol. The summed E-state index contributed by atoms with van der Waals surface area (Å²) in [6.07, 6.45) is 2.96. The molecule has 0 aliphatic carbocycles. The summed E-state index contributed by atoms with van der Waals surface area (Å²) in [5, 5.41) is 12.0. The van der Waals surface area contributed by atoms with Gasteiger partial charge in [-0.25, -0.2) is 0 Å². The summed E-state index contributed by atoms with van der Waals surface area (Å²) < 4.78 is 31.6. The first kappa shape index (κ1) is 21.9. The summed E-state index contributed by atoms with van der Waals surface area (Å²) in [6, 6.07) is 7.11. The summed E-state index contributed by atoms with van der Waals surface area (Å²) in [4.78, 5) is 14.2. The zero-order valence-corrected chi connectivity index (χ0v) is 17.2. The molecule has 1 aliphatic rings. The van der Waals surface area contributed by atoms with E-state index >= 15 is 0 Å². The van der Waals surface area contributed by atoms with Gasteiger partial charge >= 0.3 is 0 Å². The molecule has 9 heteroatoms. The summed E-state index contributed by atoms with van der Waals surface area (Å²) in [6.45, 7) is 8.03. The fraction of sp³-hybridized carbons (Fsp3) is 0.474. The predicted octanol–water partition coefficient (Wildman–Crippen LogP) is 2.26. The standard InChI is InChI=1S/C19H26N4O4S/c1-18(2)9-14(21)10-19(3,4)23(18)12-13(11-20)17(24)22-15-6-5-7-16(8-15)28(25,26)27/h5-8,12,14H,9-10,21H2,1-4H3,(H,22,24)(H,25,26,27)/b13-12-. The molecule has 1 saturated heterocycles. The second-order valence-corrected chi connectivity index (χ2v) is 9.70. The molecule has 1 fully saturated rings. The van der Waals surface area contributed by atoms with Crippen molar-refractivity contribution in [1.82, 2.24) is 4.90 Å². The van der Waals surface area contributed by atoms with Crippen LogP contribution in [0.4, 0.5) is 5.69 Å². The van der Waals surface area contributed by atoms with Gasteiger partial charge in [-0.1, -0.05) is 6.07 Å². The molecule has 1 aliphatic heterocycles. The third kappa shape index (κ3) is 4.90. The Morgan fingerprint density at radius 3 is 2.39 bits per heavy atom. The van der Waals surface area contributed by atoms with Crippen LogP contribution in [0.25, 0.3) is 0 Å². The molecular weight excluding hydrogens is 380 g/mol. The van der Waals surface area contributed by atoms with E-state index in [1.807, 2.05) is 38.7 Å². The van der Waals surface area contributed by atoms with Crippen LogP contribution < -0.4 is 11.1 Å². The lowest BCUT2D eigenvalue weighted by Crippen LogP contribution is -2.61. The number of likely N-dealkylation sites (tertiary alicyclic amines) is 1. The minimum atomic E-state index is -4.40. The lowest BCUT2D eigenvalue weighted by atomic mass is 9.77. The van der Waals surface area contributed by atoms with Gasteiger partial charge < -0.3 is 16.0 Å². The highest BCUT2D eigenvalue weighted by atomic mass is 32.2. The first-order valence-electron chi connectivity index (χ1n) is 8.82. The van der Waals surface area contributed by atoms with E-state index in [4.69, 9.17) is 10.3 Å². The SMILES string of the molecule is CC1(C)CC(N)CC(C)(C)N1/C=C(/C#N)C(=O)Nc1cccc(S(=O)(=O)O)c1. The number of benzene rings is 1. The van der Waals surface area contributed by atoms with Gasteiger partial charge in [0.1, 0.15) is 11.6 Å². The van der Waals surface area contributed by atoms with Gasteiger partial charge in [0.25, 0.3) is 16.0 Å². The molecular formula is C19H26N4O4S. The molecule has 0 radical (unpaired) electrons. The van der Waals surface area contributed by atoms with Gasteiger partial charge in [0.15, 0.2) is 0 Å². The Hall–Kier alpha value is -2.41. The molecule has 1 aromatic rings. The molecule has 152 valence electrons. The van der Waals surface area contributed by atoms with Gasteiger partial charge in [-0.3, -0.25) is 9.35 Å². The van der Waals surface area contributed by atoms with Crippen molar-refractivity contribution in [3.8, 4) is 6.07 Å². The molecule has 1 amide bonds. The van der Waals surface area contributed by atoms with Gasteiger partial charge in [-0.05, 0) is 58.7 Å². The number of carbonyl (C=O) groups excluding carboxylic acids is 1. The van der Waals surface area contributed by atoms with E-state index in [2.05, 4.69) is 5.32 Å². The van der Waals surface area contributed by atoms with E-state index in [1.54, 1.807) is 0 Å². The normalized spacial score (nSPS) is 19.8. The van der Waals surface area contributed by atoms with Crippen LogP contribution in [0.3, 0.4) is 0 Å². The zero-order valence-electron chi connectivity index (χ0n) is 16.4. The van der Waals surface area contributed by atoms with Crippen molar-refractivity contribution in [3.63, 3.8) is 0 Å². The summed E-state index contributed by atoms with van der Waals surface area (Å²) in [7, 11) is -4.40. The Morgan fingerprint density at radius 1 is 1.32 bits per heavy atom. The average molecular weight is 407 g/mol. The van der Waals surface area contributed by atoms with Crippen LogP contribution in [-0.2, 0) is 14.9 Å². The van der Waals surface area contributed by atoms with Gasteiger partial charge in [0.2, 0.25) is 0 Å². The highest BCUT2D eigenvalue weighted by molar-refractivity contribution is 7.85. The minimum Gasteiger partial charge on any atom is -0.366 e. The molecule has 0 bridgehead atoms. The lowest BCUT2D eigenvalue weighted by Gasteiger charge is -2.54. The second-order valence-electron chi connectivity index (χ2n) is 8.27. The van der Waals surface area contributed by atoms with Crippen LogP contribution >= 0.6 is 0 Å². The van der Waals surface area contributed by atoms with E-state index in [0.717, 1.165) is 6.07 Å². The first-order chi connectivity index (χ1) is 12.8. The third-order valence-electron chi connectivity index (χ3n) is 4.84. The number of nitrogens with two attached hydrogens (primary N) is 1. The smallest absolute Gasteiger partial charge is 0.294 e. The fourth-order valence-electron chi connectivity index (χ4n) is 3.92. The maximum atomic E-state index is 12.6. The quantitative estimate of drug-likeness (QED) is 0.396. The average Bonchev–Trinajstić information content (AvgIpc) is 2.52. The maximum Gasteiger partial charge on any atom is 0.294 e. The highest BCUT2D eigenvalue weighted by Crippen LogP contribution is 2.38. The first-order valence-corrected chi connectivity index (χ1v) is 10.3. The van der Waals surface area contributed by atoms with Crippen LogP contribution in [0.2, 0.25) is 0 Å². The largest absolute Gasteiger partial charge is 0.366 e. The van der Waals surface area contributed by atoms with Gasteiger partial charge in [-0.15, -0.1) is 0 Å². The number of carbonyl (C=O) groups is 1. The van der Waals surface area contributed by atoms with Crippen LogP contribution in [0.5, 0.6) is 0 Å². The third-order valence-corrected chi connectivity index (χ3v) is 5.69. The molecule has 0 aromatic heterocycles. The Morgan fingerprint density at radius 2 is 1.89 bits per heavy atom. The summed E-state index contributed by atoms with van der Waals surface area (Å²) in [5.74, 6) is -0.670. The van der Waals surface area contributed by atoms with Crippen molar-refractivity contribution in [3.05, 3.63) is 36.0 Å². The summed E-state index contributed by atoms with van der Waals surface area (Å²) in [5.41, 5.74) is 5.49. The number of piperidine rings is 1. The summed E-state index contributed by atoms with van der Waals surface area (Å²) >= 11 is 0. The number of nitrogens with zero attached hydrogens (tertiary/aromatic N) is 2. The Labute approximate surface area is 165 Å². The van der Waals surface area contributed by atoms with Gasteiger partial charge in [0, 0.05) is 29.0 Å². The van der Waals surface area contributed by atoms with Crippen molar-refractivity contribution in [2.45, 2.75) is 62.6 Å². The number of hydrogen-bond donors (Lipinski definition) is 3. The Balaban J connectivity index is 2.32. The molecule has 8 nitrogen and oxygen atoms in total. The number of nitrogens with one attached hydrogen (secondary N) is 1. The van der Waals surface area contributed by atoms with Crippen LogP contribution in [-0.4, -0.2) is 40.9 Å². The molecule has 0 unspecified atom stereocenters. The molecule has 2 rings (SSSR count). The Bertz CT molecular complexity index is 927. The zero-order chi connectivity index (χ0) is 21.3. The molecule has 0 saturated carbocycles. The van der Waals surface area contributed by atoms with E-state index in [9.17, 15) is 18.5 Å². The van der Waals surface area contributed by atoms with Crippen LogP contribution in [0, 0.1) is 11.3 Å². The highest BCUT2D eigenvalue weighted by Gasteiger charge is 2.43. The fourth-order valence-corrected chi connectivity index (χ4v) is 4.45. The molecule has 4 N–H and O–H groups in total.